The van der Waals surface area contributed by atoms with Gasteiger partial charge < -0.3 is 0 Å². The number of thiophene rings is 1. The summed E-state index contributed by atoms with van der Waals surface area (Å²) < 4.78 is 0. The lowest BCUT2D eigenvalue weighted by Gasteiger charge is -2.03. The summed E-state index contributed by atoms with van der Waals surface area (Å²) in [6.07, 6.45) is 0.288. The largest absolute Gasteiger partial charge is 0.294 e. The molecule has 1 heterocycles. The predicted molar refractivity (Wildman–Crippen MR) is 68.8 cm³/mol. The molecule has 0 aliphatic heterocycles. The Labute approximate surface area is 108 Å². The fourth-order valence-electron chi connectivity index (χ4n) is 1.38. The Balaban J connectivity index is 2.22. The standard InChI is InChI=1S/C12H8Cl2OS/c13-10-3-1-2-8(12(10)14)6-11(15)9-4-5-16-7-9/h1-5,7H,6H2. The summed E-state index contributed by atoms with van der Waals surface area (Å²) >= 11 is 13.4. The van der Waals surface area contributed by atoms with Gasteiger partial charge in [0, 0.05) is 17.4 Å². The van der Waals surface area contributed by atoms with E-state index < -0.39 is 0 Å². The van der Waals surface area contributed by atoms with Crippen LogP contribution in [-0.2, 0) is 6.42 Å². The molecule has 2 aromatic rings. The molecule has 1 nitrogen and oxygen atoms in total. The summed E-state index contributed by atoms with van der Waals surface area (Å²) in [5.74, 6) is 0.0606. The van der Waals surface area contributed by atoms with Crippen molar-refractivity contribution >= 4 is 40.3 Å². The third-order valence-corrected chi connectivity index (χ3v) is 3.77. The Morgan fingerprint density at radius 3 is 2.75 bits per heavy atom. The Bertz CT molecular complexity index is 506. The summed E-state index contributed by atoms with van der Waals surface area (Å²) in [6, 6.07) is 7.14. The van der Waals surface area contributed by atoms with Crippen molar-refractivity contribution in [1.82, 2.24) is 0 Å². The second-order valence-corrected chi connectivity index (χ2v) is 4.89. The minimum absolute atomic E-state index is 0.0606. The lowest BCUT2D eigenvalue weighted by molar-refractivity contribution is 0.0993. The molecule has 2 rings (SSSR count). The van der Waals surface area contributed by atoms with Crippen molar-refractivity contribution in [3.63, 3.8) is 0 Å². The molecule has 1 aromatic heterocycles. The van der Waals surface area contributed by atoms with Gasteiger partial charge in [0.2, 0.25) is 0 Å². The maximum absolute atomic E-state index is 11.8. The molecule has 0 spiro atoms. The zero-order valence-electron chi connectivity index (χ0n) is 8.24. The normalized spacial score (nSPS) is 10.4. The number of halogens is 2. The molecule has 0 amide bonds. The molecule has 0 aliphatic carbocycles. The number of ketones is 1. The Morgan fingerprint density at radius 2 is 2.06 bits per heavy atom. The SMILES string of the molecule is O=C(Cc1cccc(Cl)c1Cl)c1ccsc1. The molecule has 82 valence electrons. The van der Waals surface area contributed by atoms with Crippen molar-refractivity contribution in [3.05, 3.63) is 56.2 Å². The first-order chi connectivity index (χ1) is 7.68. The fourth-order valence-corrected chi connectivity index (χ4v) is 2.43. The van der Waals surface area contributed by atoms with E-state index >= 15 is 0 Å². The van der Waals surface area contributed by atoms with Crippen LogP contribution in [-0.4, -0.2) is 5.78 Å². The third-order valence-electron chi connectivity index (χ3n) is 2.23. The van der Waals surface area contributed by atoms with Crippen LogP contribution < -0.4 is 0 Å². The van der Waals surface area contributed by atoms with Crippen molar-refractivity contribution in [2.75, 3.05) is 0 Å². The molecule has 0 N–H and O–H groups in total. The van der Waals surface area contributed by atoms with E-state index in [-0.39, 0.29) is 12.2 Å². The van der Waals surface area contributed by atoms with Crippen molar-refractivity contribution in [2.24, 2.45) is 0 Å². The molecule has 0 unspecified atom stereocenters. The van der Waals surface area contributed by atoms with Gasteiger partial charge in [-0.25, -0.2) is 0 Å². The zero-order chi connectivity index (χ0) is 11.5. The molecular formula is C12H8Cl2OS. The monoisotopic (exact) mass is 270 g/mol. The van der Waals surface area contributed by atoms with Crippen LogP contribution in [0.1, 0.15) is 15.9 Å². The summed E-state index contributed by atoms with van der Waals surface area (Å²) in [4.78, 5) is 11.8. The van der Waals surface area contributed by atoms with Gasteiger partial charge in [-0.2, -0.15) is 11.3 Å². The molecule has 16 heavy (non-hydrogen) atoms. The van der Waals surface area contributed by atoms with Gasteiger partial charge in [0.25, 0.3) is 0 Å². The van der Waals surface area contributed by atoms with E-state index in [1.165, 1.54) is 11.3 Å². The van der Waals surface area contributed by atoms with Crippen LogP contribution in [0.5, 0.6) is 0 Å². The highest BCUT2D eigenvalue weighted by molar-refractivity contribution is 7.08. The second kappa shape index (κ2) is 5.00. The highest BCUT2D eigenvalue weighted by Gasteiger charge is 2.11. The van der Waals surface area contributed by atoms with E-state index in [9.17, 15) is 4.79 Å². The maximum atomic E-state index is 11.8. The summed E-state index contributed by atoms with van der Waals surface area (Å²) in [5, 5.41) is 4.66. The van der Waals surface area contributed by atoms with Crippen LogP contribution >= 0.6 is 34.5 Å². The number of carbonyl (C=O) groups is 1. The first kappa shape index (κ1) is 11.6. The smallest absolute Gasteiger partial charge is 0.168 e. The zero-order valence-corrected chi connectivity index (χ0v) is 10.6. The number of carbonyl (C=O) groups excluding carboxylic acids is 1. The first-order valence-electron chi connectivity index (χ1n) is 4.67. The van der Waals surface area contributed by atoms with E-state index in [0.717, 1.165) is 11.1 Å². The molecule has 0 saturated carbocycles. The van der Waals surface area contributed by atoms with E-state index in [1.807, 2.05) is 22.9 Å². The Morgan fingerprint density at radius 1 is 1.25 bits per heavy atom. The highest BCUT2D eigenvalue weighted by Crippen LogP contribution is 2.26. The molecular weight excluding hydrogens is 263 g/mol. The van der Waals surface area contributed by atoms with Gasteiger partial charge in [0.05, 0.1) is 10.0 Å². The van der Waals surface area contributed by atoms with Gasteiger partial charge >= 0.3 is 0 Å². The van der Waals surface area contributed by atoms with Crippen LogP contribution in [0.15, 0.2) is 35.0 Å². The van der Waals surface area contributed by atoms with Crippen LogP contribution in [0.25, 0.3) is 0 Å². The average molecular weight is 271 g/mol. The third kappa shape index (κ3) is 2.46. The molecule has 0 bridgehead atoms. The first-order valence-corrected chi connectivity index (χ1v) is 6.36. The number of hydrogen-bond acceptors (Lipinski definition) is 2. The minimum atomic E-state index is 0.0606. The number of benzene rings is 1. The summed E-state index contributed by atoms with van der Waals surface area (Å²) in [7, 11) is 0. The number of rotatable bonds is 3. The Kier molecular flexibility index (Phi) is 3.64. The summed E-state index contributed by atoms with van der Waals surface area (Å²) in [6.45, 7) is 0. The second-order valence-electron chi connectivity index (χ2n) is 3.32. The van der Waals surface area contributed by atoms with Crippen LogP contribution in [0.4, 0.5) is 0 Å². The van der Waals surface area contributed by atoms with Crippen molar-refractivity contribution in [1.29, 1.82) is 0 Å². The number of Topliss-reactive ketones (excluding diaryl/α,β-unsaturated/α-hetero) is 1. The van der Waals surface area contributed by atoms with Crippen molar-refractivity contribution in [3.8, 4) is 0 Å². The number of hydrogen-bond donors (Lipinski definition) is 0. The lowest BCUT2D eigenvalue weighted by atomic mass is 10.1. The van der Waals surface area contributed by atoms with E-state index in [1.54, 1.807) is 12.1 Å². The van der Waals surface area contributed by atoms with Crippen molar-refractivity contribution < 1.29 is 4.79 Å². The average Bonchev–Trinajstić information content (AvgIpc) is 2.78. The van der Waals surface area contributed by atoms with E-state index in [2.05, 4.69) is 0 Å². The quantitative estimate of drug-likeness (QED) is 0.752. The maximum Gasteiger partial charge on any atom is 0.168 e. The van der Waals surface area contributed by atoms with Crippen LogP contribution in [0.3, 0.4) is 0 Å². The molecule has 0 saturated heterocycles. The molecule has 0 atom stereocenters. The molecule has 0 radical (unpaired) electrons. The lowest BCUT2D eigenvalue weighted by Crippen LogP contribution is -2.02. The van der Waals surface area contributed by atoms with Gasteiger partial charge in [0.15, 0.2) is 5.78 Å². The molecule has 0 fully saturated rings. The van der Waals surface area contributed by atoms with Crippen LogP contribution in [0.2, 0.25) is 10.0 Å². The fraction of sp³-hybridized carbons (Fsp3) is 0.0833. The van der Waals surface area contributed by atoms with Crippen molar-refractivity contribution in [2.45, 2.75) is 6.42 Å². The van der Waals surface area contributed by atoms with Gasteiger partial charge in [-0.1, -0.05) is 35.3 Å². The molecule has 1 aromatic carbocycles. The van der Waals surface area contributed by atoms with Gasteiger partial charge in [-0.15, -0.1) is 0 Å². The van der Waals surface area contributed by atoms with E-state index in [0.29, 0.717) is 10.0 Å². The highest BCUT2D eigenvalue weighted by atomic mass is 35.5. The molecule has 4 heteroatoms. The van der Waals surface area contributed by atoms with Gasteiger partial charge in [-0.3, -0.25) is 4.79 Å². The van der Waals surface area contributed by atoms with E-state index in [4.69, 9.17) is 23.2 Å². The van der Waals surface area contributed by atoms with Crippen LogP contribution in [0, 0.1) is 0 Å². The van der Waals surface area contributed by atoms with Gasteiger partial charge in [-0.05, 0) is 23.1 Å². The Hall–Kier alpha value is -0.830. The summed E-state index contributed by atoms with van der Waals surface area (Å²) in [5.41, 5.74) is 1.49. The molecule has 0 aliphatic rings. The topological polar surface area (TPSA) is 17.1 Å². The minimum Gasteiger partial charge on any atom is -0.294 e. The van der Waals surface area contributed by atoms with Gasteiger partial charge in [0.1, 0.15) is 0 Å². The predicted octanol–water partition coefficient (Wildman–Crippen LogP) is 4.48.